The largest absolute Gasteiger partial charge is 0.381 e. The Hall–Kier alpha value is -0.0400. The van der Waals surface area contributed by atoms with Gasteiger partial charge in [0.1, 0.15) is 0 Å². The molecule has 88 valence electrons. The maximum atomic E-state index is 5.41. The van der Waals surface area contributed by atoms with E-state index in [0.29, 0.717) is 0 Å². The highest BCUT2D eigenvalue weighted by molar-refractivity contribution is 4.72. The van der Waals surface area contributed by atoms with Crippen molar-refractivity contribution in [2.45, 2.75) is 58.3 Å². The molecule has 0 spiro atoms. The van der Waals surface area contributed by atoms with Gasteiger partial charge in [-0.1, -0.05) is 45.4 Å². The van der Waals surface area contributed by atoms with Crippen molar-refractivity contribution in [1.29, 1.82) is 0 Å². The fourth-order valence-corrected chi connectivity index (χ4v) is 3.12. The highest BCUT2D eigenvalue weighted by atomic mass is 16.5. The summed E-state index contributed by atoms with van der Waals surface area (Å²) in [7, 11) is 0. The van der Waals surface area contributed by atoms with Gasteiger partial charge in [0.15, 0.2) is 0 Å². The van der Waals surface area contributed by atoms with E-state index in [-0.39, 0.29) is 0 Å². The maximum Gasteiger partial charge on any atom is 0.0468 e. The summed E-state index contributed by atoms with van der Waals surface area (Å²) in [6.07, 6.45) is 11.6. The lowest BCUT2D eigenvalue weighted by atomic mass is 9.79. The second-order valence-corrected chi connectivity index (χ2v) is 5.76. The molecule has 1 aliphatic heterocycles. The van der Waals surface area contributed by atoms with Crippen LogP contribution in [0.2, 0.25) is 0 Å². The van der Waals surface area contributed by atoms with Gasteiger partial charge in [-0.3, -0.25) is 0 Å². The molecule has 0 N–H and O–H groups in total. The minimum absolute atomic E-state index is 0.984. The van der Waals surface area contributed by atoms with Gasteiger partial charge in [0.25, 0.3) is 0 Å². The fraction of sp³-hybridized carbons (Fsp3) is 1.00. The summed E-state index contributed by atoms with van der Waals surface area (Å²) >= 11 is 0. The predicted octanol–water partition coefficient (Wildman–Crippen LogP) is 4.02. The van der Waals surface area contributed by atoms with E-state index in [1.807, 2.05) is 0 Å². The Morgan fingerprint density at radius 1 is 0.800 bits per heavy atom. The van der Waals surface area contributed by atoms with E-state index in [4.69, 9.17) is 4.74 Å². The first-order valence-electron chi connectivity index (χ1n) is 6.92. The molecule has 1 heteroatoms. The molecule has 2 fully saturated rings. The molecular weight excluding hydrogens is 184 g/mol. The van der Waals surface area contributed by atoms with Crippen LogP contribution in [-0.4, -0.2) is 13.2 Å². The van der Waals surface area contributed by atoms with Crippen LogP contribution >= 0.6 is 0 Å². The number of hydrogen-bond acceptors (Lipinski definition) is 1. The molecule has 0 aromatic rings. The first kappa shape index (κ1) is 11.4. The van der Waals surface area contributed by atoms with Crippen LogP contribution in [0.5, 0.6) is 0 Å². The van der Waals surface area contributed by atoms with Crippen molar-refractivity contribution in [2.75, 3.05) is 13.2 Å². The van der Waals surface area contributed by atoms with Crippen molar-refractivity contribution in [3.8, 4) is 0 Å². The zero-order valence-electron chi connectivity index (χ0n) is 10.2. The molecule has 1 saturated carbocycles. The van der Waals surface area contributed by atoms with Crippen LogP contribution in [0, 0.1) is 17.8 Å². The van der Waals surface area contributed by atoms with Crippen molar-refractivity contribution in [2.24, 2.45) is 17.8 Å². The Kier molecular flexibility index (Phi) is 4.49. The van der Waals surface area contributed by atoms with Crippen LogP contribution in [0.1, 0.15) is 58.3 Å². The van der Waals surface area contributed by atoms with Gasteiger partial charge in [0.05, 0.1) is 0 Å². The number of ether oxygens (including phenoxy) is 1. The van der Waals surface area contributed by atoms with E-state index in [1.165, 1.54) is 51.4 Å². The van der Waals surface area contributed by atoms with E-state index in [0.717, 1.165) is 31.0 Å². The molecule has 0 radical (unpaired) electrons. The van der Waals surface area contributed by atoms with Crippen LogP contribution in [0.25, 0.3) is 0 Å². The average molecular weight is 210 g/mol. The van der Waals surface area contributed by atoms with Gasteiger partial charge in [-0.25, -0.2) is 0 Å². The van der Waals surface area contributed by atoms with Gasteiger partial charge in [-0.2, -0.15) is 0 Å². The smallest absolute Gasteiger partial charge is 0.0468 e. The molecule has 0 atom stereocenters. The first-order valence-corrected chi connectivity index (χ1v) is 6.92. The Morgan fingerprint density at radius 2 is 1.33 bits per heavy atom. The Labute approximate surface area is 94.6 Å². The monoisotopic (exact) mass is 210 g/mol. The Morgan fingerprint density at radius 3 is 1.93 bits per heavy atom. The minimum Gasteiger partial charge on any atom is -0.381 e. The van der Waals surface area contributed by atoms with Crippen LogP contribution in [0.15, 0.2) is 0 Å². The third-order valence-corrected chi connectivity index (χ3v) is 4.46. The van der Waals surface area contributed by atoms with Crippen LogP contribution in [0.3, 0.4) is 0 Å². The molecule has 1 aliphatic carbocycles. The molecule has 0 bridgehead atoms. The van der Waals surface area contributed by atoms with Crippen molar-refractivity contribution in [3.05, 3.63) is 0 Å². The van der Waals surface area contributed by atoms with Gasteiger partial charge in [-0.05, 0) is 30.6 Å². The van der Waals surface area contributed by atoms with Gasteiger partial charge >= 0.3 is 0 Å². The third-order valence-electron chi connectivity index (χ3n) is 4.46. The van der Waals surface area contributed by atoms with Crippen molar-refractivity contribution in [3.63, 3.8) is 0 Å². The highest BCUT2D eigenvalue weighted by Gasteiger charge is 2.20. The standard InChI is InChI=1S/C14H26O/c1-12-2-4-13(5-3-12)6-7-14-8-10-15-11-9-14/h12-14H,2-11H2,1H3. The van der Waals surface area contributed by atoms with Gasteiger partial charge in [-0.15, -0.1) is 0 Å². The fourth-order valence-electron chi connectivity index (χ4n) is 3.12. The van der Waals surface area contributed by atoms with Gasteiger partial charge in [0, 0.05) is 13.2 Å². The lowest BCUT2D eigenvalue weighted by molar-refractivity contribution is 0.0609. The van der Waals surface area contributed by atoms with E-state index in [1.54, 1.807) is 0 Å². The molecule has 1 saturated heterocycles. The summed E-state index contributed by atoms with van der Waals surface area (Å²) < 4.78 is 5.41. The second-order valence-electron chi connectivity index (χ2n) is 5.76. The summed E-state index contributed by atoms with van der Waals surface area (Å²) in [5.41, 5.74) is 0. The third kappa shape index (κ3) is 3.79. The number of rotatable bonds is 3. The first-order chi connectivity index (χ1) is 7.34. The van der Waals surface area contributed by atoms with E-state index >= 15 is 0 Å². The molecule has 0 aromatic heterocycles. The topological polar surface area (TPSA) is 9.23 Å². The molecule has 1 nitrogen and oxygen atoms in total. The molecule has 0 amide bonds. The van der Waals surface area contributed by atoms with Crippen molar-refractivity contribution >= 4 is 0 Å². The van der Waals surface area contributed by atoms with E-state index in [2.05, 4.69) is 6.92 Å². The van der Waals surface area contributed by atoms with E-state index < -0.39 is 0 Å². The van der Waals surface area contributed by atoms with Crippen molar-refractivity contribution in [1.82, 2.24) is 0 Å². The normalized spacial score (nSPS) is 34.2. The van der Waals surface area contributed by atoms with Gasteiger partial charge < -0.3 is 4.74 Å². The molecule has 2 aliphatic rings. The molecule has 0 unspecified atom stereocenters. The summed E-state index contributed by atoms with van der Waals surface area (Å²) in [6.45, 7) is 4.45. The lowest BCUT2D eigenvalue weighted by Crippen LogP contribution is -2.18. The van der Waals surface area contributed by atoms with Crippen LogP contribution in [-0.2, 0) is 4.74 Å². The molecule has 2 rings (SSSR count). The maximum absolute atomic E-state index is 5.41. The summed E-state index contributed by atoms with van der Waals surface area (Å²) in [4.78, 5) is 0. The van der Waals surface area contributed by atoms with Gasteiger partial charge in [0.2, 0.25) is 0 Å². The summed E-state index contributed by atoms with van der Waals surface area (Å²) in [5, 5.41) is 0. The van der Waals surface area contributed by atoms with E-state index in [9.17, 15) is 0 Å². The minimum atomic E-state index is 0.984. The van der Waals surface area contributed by atoms with Crippen molar-refractivity contribution < 1.29 is 4.74 Å². The molecule has 1 heterocycles. The molecule has 0 aromatic carbocycles. The predicted molar refractivity (Wildman–Crippen MR) is 63.9 cm³/mol. The Bertz CT molecular complexity index is 164. The lowest BCUT2D eigenvalue weighted by Gasteiger charge is -2.28. The Balaban J connectivity index is 1.60. The second kappa shape index (κ2) is 5.89. The molecular formula is C14H26O. The van der Waals surface area contributed by atoms with Crippen LogP contribution < -0.4 is 0 Å². The quantitative estimate of drug-likeness (QED) is 0.683. The summed E-state index contributed by atoms with van der Waals surface area (Å²) in [5.74, 6) is 3.05. The molecule has 15 heavy (non-hydrogen) atoms. The number of hydrogen-bond donors (Lipinski definition) is 0. The summed E-state index contributed by atoms with van der Waals surface area (Å²) in [6, 6.07) is 0. The zero-order chi connectivity index (χ0) is 10.5. The van der Waals surface area contributed by atoms with Crippen LogP contribution in [0.4, 0.5) is 0 Å². The zero-order valence-corrected chi connectivity index (χ0v) is 10.2. The average Bonchev–Trinajstić information content (AvgIpc) is 2.30. The SMILES string of the molecule is CC1CCC(CCC2CCOCC2)CC1. The highest BCUT2D eigenvalue weighted by Crippen LogP contribution is 2.33.